The van der Waals surface area contributed by atoms with E-state index in [9.17, 15) is 19.7 Å². The lowest BCUT2D eigenvalue weighted by Crippen LogP contribution is -2.41. The highest BCUT2D eigenvalue weighted by Crippen LogP contribution is 2.26. The molecule has 9 heteroatoms. The molecule has 1 aliphatic rings. The third kappa shape index (κ3) is 2.86. The highest BCUT2D eigenvalue weighted by atomic mass is 35.5. The molecule has 1 aromatic carbocycles. The summed E-state index contributed by atoms with van der Waals surface area (Å²) < 4.78 is 0. The van der Waals surface area contributed by atoms with E-state index >= 15 is 0 Å². The summed E-state index contributed by atoms with van der Waals surface area (Å²) in [4.78, 5) is 34.6. The van der Waals surface area contributed by atoms with Gasteiger partial charge in [0, 0.05) is 28.5 Å². The zero-order valence-electron chi connectivity index (χ0n) is 9.98. The molecule has 106 valence electrons. The molecule has 1 saturated heterocycles. The van der Waals surface area contributed by atoms with Gasteiger partial charge in [-0.3, -0.25) is 14.9 Å². The van der Waals surface area contributed by atoms with E-state index in [0.717, 1.165) is 12.1 Å². The Kier molecular flexibility index (Phi) is 4.15. The number of benzene rings is 1. The Hall–Kier alpha value is -1.80. The van der Waals surface area contributed by atoms with Crippen molar-refractivity contribution in [2.45, 2.75) is 6.04 Å². The van der Waals surface area contributed by atoms with Gasteiger partial charge in [-0.2, -0.15) is 0 Å². The molecule has 1 heterocycles. The molecule has 0 aliphatic carbocycles. The molecule has 1 fully saturated rings. The van der Waals surface area contributed by atoms with Crippen LogP contribution < -0.4 is 0 Å². The highest BCUT2D eigenvalue weighted by Gasteiger charge is 2.35. The van der Waals surface area contributed by atoms with Crippen LogP contribution in [-0.4, -0.2) is 44.5 Å². The summed E-state index contributed by atoms with van der Waals surface area (Å²) in [5.74, 6) is -1.15. The number of nitro groups is 1. The topological polar surface area (TPSA) is 101 Å². The number of nitro benzene ring substituents is 1. The summed E-state index contributed by atoms with van der Waals surface area (Å²) in [5.41, 5.74) is -0.294. The highest BCUT2D eigenvalue weighted by molar-refractivity contribution is 7.99. The molecule has 0 aromatic heterocycles. The fraction of sp³-hybridized carbons (Fsp3) is 0.273. The number of rotatable bonds is 3. The first kappa shape index (κ1) is 14.6. The van der Waals surface area contributed by atoms with Crippen LogP contribution in [0.3, 0.4) is 0 Å². The molecule has 1 aliphatic heterocycles. The Labute approximate surface area is 122 Å². The van der Waals surface area contributed by atoms with Crippen molar-refractivity contribution in [3.05, 3.63) is 38.9 Å². The maximum absolute atomic E-state index is 12.3. The van der Waals surface area contributed by atoms with Crippen LogP contribution in [0, 0.1) is 10.1 Å². The van der Waals surface area contributed by atoms with E-state index in [4.69, 9.17) is 16.7 Å². The Morgan fingerprint density at radius 2 is 2.15 bits per heavy atom. The maximum atomic E-state index is 12.3. The van der Waals surface area contributed by atoms with Crippen molar-refractivity contribution in [2.24, 2.45) is 0 Å². The first-order valence-electron chi connectivity index (χ1n) is 5.46. The van der Waals surface area contributed by atoms with Gasteiger partial charge in [-0.05, 0) is 6.07 Å². The number of amides is 1. The number of aliphatic carboxylic acids is 1. The lowest BCUT2D eigenvalue weighted by Gasteiger charge is -2.20. The first-order chi connectivity index (χ1) is 9.40. The van der Waals surface area contributed by atoms with E-state index in [1.165, 1.54) is 22.7 Å². The van der Waals surface area contributed by atoms with E-state index in [-0.39, 0.29) is 22.2 Å². The number of nitrogens with zero attached hydrogens (tertiary/aromatic N) is 2. The Morgan fingerprint density at radius 1 is 1.45 bits per heavy atom. The first-order valence-corrected chi connectivity index (χ1v) is 7.00. The number of carboxylic acid groups (broad SMARTS) is 1. The minimum atomic E-state index is -1.10. The van der Waals surface area contributed by atoms with Gasteiger partial charge < -0.3 is 10.0 Å². The molecular formula is C11H9ClN2O5S. The Balaban J connectivity index is 2.33. The van der Waals surface area contributed by atoms with Gasteiger partial charge in [0.2, 0.25) is 0 Å². The number of carbonyl (C=O) groups is 2. The molecule has 0 bridgehead atoms. The molecule has 1 aromatic rings. The molecule has 7 nitrogen and oxygen atoms in total. The number of hydrogen-bond acceptors (Lipinski definition) is 5. The second-order valence-electron chi connectivity index (χ2n) is 4.08. The van der Waals surface area contributed by atoms with Gasteiger partial charge in [-0.1, -0.05) is 11.6 Å². The van der Waals surface area contributed by atoms with Crippen LogP contribution >= 0.6 is 23.4 Å². The zero-order chi connectivity index (χ0) is 14.9. The zero-order valence-corrected chi connectivity index (χ0v) is 11.6. The molecule has 0 unspecified atom stereocenters. The molecule has 1 N–H and O–H groups in total. The molecule has 2 rings (SSSR count). The number of halogens is 1. The van der Waals surface area contributed by atoms with Crippen molar-refractivity contribution in [3.63, 3.8) is 0 Å². The van der Waals surface area contributed by atoms with E-state index in [0.29, 0.717) is 5.75 Å². The predicted octanol–water partition coefficient (Wildman–Crippen LogP) is 1.85. The van der Waals surface area contributed by atoms with Crippen LogP contribution in [0.2, 0.25) is 5.02 Å². The minimum Gasteiger partial charge on any atom is -0.480 e. The Morgan fingerprint density at radius 3 is 2.75 bits per heavy atom. The number of thioether (sulfide) groups is 1. The van der Waals surface area contributed by atoms with Gasteiger partial charge in [0.1, 0.15) is 6.04 Å². The smallest absolute Gasteiger partial charge is 0.327 e. The van der Waals surface area contributed by atoms with Crippen LogP contribution in [0.1, 0.15) is 10.4 Å². The van der Waals surface area contributed by atoms with E-state index in [1.54, 1.807) is 0 Å². The van der Waals surface area contributed by atoms with Crippen molar-refractivity contribution in [1.82, 2.24) is 4.90 Å². The normalized spacial score (nSPS) is 18.1. The summed E-state index contributed by atoms with van der Waals surface area (Å²) in [6.07, 6.45) is 0. The van der Waals surface area contributed by atoms with E-state index in [2.05, 4.69) is 0 Å². The van der Waals surface area contributed by atoms with E-state index < -0.39 is 22.8 Å². The number of carbonyl (C=O) groups excluding carboxylic acids is 1. The minimum absolute atomic E-state index is 0.0120. The predicted molar refractivity (Wildman–Crippen MR) is 73.0 cm³/mol. The summed E-state index contributed by atoms with van der Waals surface area (Å²) in [5, 5.41) is 19.8. The van der Waals surface area contributed by atoms with Gasteiger partial charge in [0.05, 0.1) is 10.8 Å². The molecule has 20 heavy (non-hydrogen) atoms. The molecule has 1 atom stereocenters. The summed E-state index contributed by atoms with van der Waals surface area (Å²) >= 11 is 7.06. The third-order valence-electron chi connectivity index (χ3n) is 2.77. The average molecular weight is 317 g/mol. The lowest BCUT2D eigenvalue weighted by atomic mass is 10.1. The number of hydrogen-bond donors (Lipinski definition) is 1. The summed E-state index contributed by atoms with van der Waals surface area (Å²) in [6.45, 7) is 0. The second kappa shape index (κ2) is 5.68. The molecule has 0 radical (unpaired) electrons. The van der Waals surface area contributed by atoms with E-state index in [1.807, 2.05) is 0 Å². The van der Waals surface area contributed by atoms with Gasteiger partial charge in [-0.25, -0.2) is 4.79 Å². The standard InChI is InChI=1S/C11H9ClN2O5S/c12-7-1-6(2-8(3-7)14(18)19)10(15)13-5-20-4-9(13)11(16)17/h1-3,9H,4-5H2,(H,16,17)/t9-/m0/s1. The monoisotopic (exact) mass is 316 g/mol. The molecule has 1 amide bonds. The van der Waals surface area contributed by atoms with Crippen LogP contribution in [0.4, 0.5) is 5.69 Å². The van der Waals surface area contributed by atoms with Gasteiger partial charge in [0.25, 0.3) is 11.6 Å². The fourth-order valence-corrected chi connectivity index (χ4v) is 3.19. The number of carboxylic acids is 1. The van der Waals surface area contributed by atoms with Crippen molar-refractivity contribution in [3.8, 4) is 0 Å². The van der Waals surface area contributed by atoms with Crippen LogP contribution in [0.25, 0.3) is 0 Å². The van der Waals surface area contributed by atoms with Crippen molar-refractivity contribution in [1.29, 1.82) is 0 Å². The summed E-state index contributed by atoms with van der Waals surface area (Å²) in [6, 6.07) is 2.59. The molecular weight excluding hydrogens is 308 g/mol. The third-order valence-corrected chi connectivity index (χ3v) is 4.00. The average Bonchev–Trinajstić information content (AvgIpc) is 2.86. The largest absolute Gasteiger partial charge is 0.480 e. The van der Waals surface area contributed by atoms with Crippen molar-refractivity contribution in [2.75, 3.05) is 11.6 Å². The molecule has 0 saturated carbocycles. The van der Waals surface area contributed by atoms with Gasteiger partial charge in [0.15, 0.2) is 0 Å². The summed E-state index contributed by atoms with van der Waals surface area (Å²) in [7, 11) is 0. The maximum Gasteiger partial charge on any atom is 0.327 e. The van der Waals surface area contributed by atoms with Crippen LogP contribution in [0.15, 0.2) is 18.2 Å². The SMILES string of the molecule is O=C(O)[C@@H]1CSCN1C(=O)c1cc(Cl)cc([N+](=O)[O-])c1. The van der Waals surface area contributed by atoms with Gasteiger partial charge >= 0.3 is 5.97 Å². The second-order valence-corrected chi connectivity index (χ2v) is 5.52. The van der Waals surface area contributed by atoms with Gasteiger partial charge in [-0.15, -0.1) is 11.8 Å². The quantitative estimate of drug-likeness (QED) is 0.674. The van der Waals surface area contributed by atoms with Crippen LogP contribution in [-0.2, 0) is 4.79 Å². The lowest BCUT2D eigenvalue weighted by molar-refractivity contribution is -0.384. The fourth-order valence-electron chi connectivity index (χ4n) is 1.82. The van der Waals surface area contributed by atoms with Crippen molar-refractivity contribution < 1.29 is 19.6 Å². The van der Waals surface area contributed by atoms with Crippen molar-refractivity contribution >= 4 is 40.9 Å². The number of non-ortho nitro benzene ring substituents is 1. The van der Waals surface area contributed by atoms with Crippen LogP contribution in [0.5, 0.6) is 0 Å². The molecule has 0 spiro atoms. The Bertz CT molecular complexity index is 594.